The van der Waals surface area contributed by atoms with Gasteiger partial charge in [0.25, 0.3) is 0 Å². The van der Waals surface area contributed by atoms with Gasteiger partial charge in [0.1, 0.15) is 18.4 Å². The zero-order chi connectivity index (χ0) is 24.1. The normalized spacial score (nSPS) is 14.7. The van der Waals surface area contributed by atoms with E-state index in [9.17, 15) is 14.0 Å². The lowest BCUT2D eigenvalue weighted by Gasteiger charge is -2.29. The summed E-state index contributed by atoms with van der Waals surface area (Å²) in [6.45, 7) is 1.36. The summed E-state index contributed by atoms with van der Waals surface area (Å²) in [5.74, 6) is -0.771. The Hall–Kier alpha value is -3.33. The van der Waals surface area contributed by atoms with Gasteiger partial charge in [0.15, 0.2) is 0 Å². The minimum Gasteiger partial charge on any atom is -0.352 e. The van der Waals surface area contributed by atoms with E-state index in [0.29, 0.717) is 22.0 Å². The third-order valence-corrected chi connectivity index (χ3v) is 6.25. The largest absolute Gasteiger partial charge is 0.352 e. The first-order valence-electron chi connectivity index (χ1n) is 11.3. The molecule has 1 saturated carbocycles. The number of nitrogens with zero attached hydrogens (tertiary/aromatic N) is 5. The molecule has 0 radical (unpaired) electrons. The van der Waals surface area contributed by atoms with Crippen molar-refractivity contribution >= 4 is 23.4 Å². The first-order valence-corrected chi connectivity index (χ1v) is 11.7. The standard InChI is InChI=1S/C24H26ClFN6O2/c1-16(24(34)27-20-7-3-4-8-20)31(14-18-6-2-5-9-21(18)26)22(33)15-32-29-23(28-30-32)17-10-12-19(25)13-11-17/h2,5-6,9-13,16,20H,3-4,7-8,14-15H2,1H3,(H,27,34)/t16-/m1/s1. The summed E-state index contributed by atoms with van der Waals surface area (Å²) in [6.07, 6.45) is 4.00. The number of tetrazole rings is 1. The summed E-state index contributed by atoms with van der Waals surface area (Å²) in [6, 6.07) is 12.5. The van der Waals surface area contributed by atoms with Crippen LogP contribution in [0.2, 0.25) is 5.02 Å². The van der Waals surface area contributed by atoms with E-state index in [-0.39, 0.29) is 25.0 Å². The third-order valence-electron chi connectivity index (χ3n) is 6.00. The summed E-state index contributed by atoms with van der Waals surface area (Å²) in [4.78, 5) is 28.7. The lowest BCUT2D eigenvalue weighted by molar-refractivity contribution is -0.141. The van der Waals surface area contributed by atoms with E-state index in [1.807, 2.05) is 0 Å². The minimum atomic E-state index is -0.799. The maximum absolute atomic E-state index is 14.4. The first kappa shape index (κ1) is 23.8. The number of rotatable bonds is 8. The fraction of sp³-hybridized carbons (Fsp3) is 0.375. The van der Waals surface area contributed by atoms with Gasteiger partial charge in [-0.15, -0.1) is 10.2 Å². The van der Waals surface area contributed by atoms with Gasteiger partial charge in [-0.2, -0.15) is 4.80 Å². The van der Waals surface area contributed by atoms with Crippen molar-refractivity contribution in [2.24, 2.45) is 0 Å². The topological polar surface area (TPSA) is 93.0 Å². The van der Waals surface area contributed by atoms with E-state index in [4.69, 9.17) is 11.6 Å². The number of amides is 2. The Morgan fingerprint density at radius 2 is 1.88 bits per heavy atom. The molecule has 178 valence electrons. The number of hydrogen-bond donors (Lipinski definition) is 1. The van der Waals surface area contributed by atoms with Gasteiger partial charge in [0, 0.05) is 28.7 Å². The van der Waals surface area contributed by atoms with Crippen LogP contribution < -0.4 is 5.32 Å². The summed E-state index contributed by atoms with van der Waals surface area (Å²) < 4.78 is 14.4. The van der Waals surface area contributed by atoms with E-state index in [2.05, 4.69) is 20.7 Å². The molecule has 1 heterocycles. The van der Waals surface area contributed by atoms with Crippen LogP contribution in [0.3, 0.4) is 0 Å². The van der Waals surface area contributed by atoms with Crippen LogP contribution in [0, 0.1) is 5.82 Å². The van der Waals surface area contributed by atoms with Crippen LogP contribution >= 0.6 is 11.6 Å². The molecule has 8 nitrogen and oxygen atoms in total. The van der Waals surface area contributed by atoms with Gasteiger partial charge in [-0.25, -0.2) is 4.39 Å². The molecule has 0 saturated heterocycles. The highest BCUT2D eigenvalue weighted by molar-refractivity contribution is 6.30. The lowest BCUT2D eigenvalue weighted by atomic mass is 10.1. The fourth-order valence-corrected chi connectivity index (χ4v) is 4.15. The van der Waals surface area contributed by atoms with Crippen molar-refractivity contribution in [1.29, 1.82) is 0 Å². The van der Waals surface area contributed by atoms with E-state index >= 15 is 0 Å². The Morgan fingerprint density at radius 3 is 2.59 bits per heavy atom. The van der Waals surface area contributed by atoms with Crippen LogP contribution in [-0.2, 0) is 22.7 Å². The molecular weight excluding hydrogens is 459 g/mol. The van der Waals surface area contributed by atoms with E-state index in [0.717, 1.165) is 25.7 Å². The fourth-order valence-electron chi connectivity index (χ4n) is 4.02. The summed E-state index contributed by atoms with van der Waals surface area (Å²) in [7, 11) is 0. The highest BCUT2D eigenvalue weighted by Gasteiger charge is 2.29. The molecule has 1 aliphatic rings. The monoisotopic (exact) mass is 484 g/mol. The number of nitrogens with one attached hydrogen (secondary N) is 1. The molecule has 0 bridgehead atoms. The molecule has 1 atom stereocenters. The van der Waals surface area contributed by atoms with Crippen LogP contribution in [0.15, 0.2) is 48.5 Å². The second kappa shape index (κ2) is 10.7. The molecule has 10 heteroatoms. The number of carbonyl (C=O) groups is 2. The van der Waals surface area contributed by atoms with Gasteiger partial charge in [0.05, 0.1) is 0 Å². The number of aromatic nitrogens is 4. The predicted octanol–water partition coefficient (Wildman–Crippen LogP) is 3.61. The average Bonchev–Trinajstić information content (AvgIpc) is 3.51. The van der Waals surface area contributed by atoms with Crippen LogP contribution in [-0.4, -0.2) is 49.0 Å². The first-order chi connectivity index (χ1) is 16.4. The van der Waals surface area contributed by atoms with E-state index < -0.39 is 17.8 Å². The molecule has 1 N–H and O–H groups in total. The summed E-state index contributed by atoms with van der Waals surface area (Å²) >= 11 is 5.92. The second-order valence-electron chi connectivity index (χ2n) is 8.43. The predicted molar refractivity (Wildman–Crippen MR) is 125 cm³/mol. The zero-order valence-electron chi connectivity index (χ0n) is 18.8. The molecule has 0 spiro atoms. The van der Waals surface area contributed by atoms with Gasteiger partial charge in [-0.1, -0.05) is 42.6 Å². The Balaban J connectivity index is 1.51. The number of benzene rings is 2. The molecule has 1 aliphatic carbocycles. The van der Waals surface area contributed by atoms with Crippen molar-refractivity contribution in [3.05, 3.63) is 64.9 Å². The Morgan fingerprint density at radius 1 is 1.18 bits per heavy atom. The summed E-state index contributed by atoms with van der Waals surface area (Å²) in [5.41, 5.74) is 1.03. The molecule has 34 heavy (non-hydrogen) atoms. The summed E-state index contributed by atoms with van der Waals surface area (Å²) in [5, 5.41) is 15.9. The van der Waals surface area contributed by atoms with Crippen molar-refractivity contribution in [3.63, 3.8) is 0 Å². The molecule has 1 aromatic heterocycles. The molecular formula is C24H26ClFN6O2. The minimum absolute atomic E-state index is 0.0521. The van der Waals surface area contributed by atoms with Gasteiger partial charge in [-0.05, 0) is 55.3 Å². The van der Waals surface area contributed by atoms with Gasteiger partial charge in [0.2, 0.25) is 17.6 Å². The van der Waals surface area contributed by atoms with Crippen LogP contribution in [0.1, 0.15) is 38.2 Å². The number of halogens is 2. The zero-order valence-corrected chi connectivity index (χ0v) is 19.6. The second-order valence-corrected chi connectivity index (χ2v) is 8.87. The van der Waals surface area contributed by atoms with Crippen molar-refractivity contribution < 1.29 is 14.0 Å². The highest BCUT2D eigenvalue weighted by Crippen LogP contribution is 2.20. The Kier molecular flexibility index (Phi) is 7.52. The van der Waals surface area contributed by atoms with Crippen LogP contribution in [0.5, 0.6) is 0 Å². The molecule has 0 aliphatic heterocycles. The lowest BCUT2D eigenvalue weighted by Crippen LogP contribution is -2.50. The Labute approximate surface area is 202 Å². The third kappa shape index (κ3) is 5.77. The van der Waals surface area contributed by atoms with Crippen molar-refractivity contribution in [2.75, 3.05) is 0 Å². The number of hydrogen-bond acceptors (Lipinski definition) is 5. The van der Waals surface area contributed by atoms with Gasteiger partial charge < -0.3 is 10.2 Å². The Bertz CT molecular complexity index is 1150. The maximum atomic E-state index is 14.4. The van der Waals surface area contributed by atoms with E-state index in [1.54, 1.807) is 49.4 Å². The van der Waals surface area contributed by atoms with E-state index in [1.165, 1.54) is 15.8 Å². The average molecular weight is 485 g/mol. The van der Waals surface area contributed by atoms with Crippen molar-refractivity contribution in [1.82, 2.24) is 30.4 Å². The molecule has 0 unspecified atom stereocenters. The van der Waals surface area contributed by atoms with Crippen LogP contribution in [0.25, 0.3) is 11.4 Å². The SMILES string of the molecule is C[C@H](C(=O)NC1CCCC1)N(Cc1ccccc1F)C(=O)Cn1nnc(-c2ccc(Cl)cc2)n1. The maximum Gasteiger partial charge on any atom is 0.247 e. The molecule has 4 rings (SSSR count). The smallest absolute Gasteiger partial charge is 0.247 e. The van der Waals surface area contributed by atoms with Crippen molar-refractivity contribution in [2.45, 2.75) is 57.8 Å². The molecule has 1 fully saturated rings. The number of carbonyl (C=O) groups excluding carboxylic acids is 2. The quantitative estimate of drug-likeness (QED) is 0.527. The molecule has 2 aromatic carbocycles. The van der Waals surface area contributed by atoms with Crippen LogP contribution in [0.4, 0.5) is 4.39 Å². The van der Waals surface area contributed by atoms with Gasteiger partial charge in [-0.3, -0.25) is 9.59 Å². The van der Waals surface area contributed by atoms with Crippen molar-refractivity contribution in [3.8, 4) is 11.4 Å². The molecule has 2 amide bonds. The van der Waals surface area contributed by atoms with Gasteiger partial charge >= 0.3 is 0 Å². The highest BCUT2D eigenvalue weighted by atomic mass is 35.5. The molecule has 3 aromatic rings.